The molecule has 0 radical (unpaired) electrons. The number of aliphatic hydroxyl groups is 1. The van der Waals surface area contributed by atoms with Crippen molar-refractivity contribution in [1.29, 1.82) is 5.26 Å². The summed E-state index contributed by atoms with van der Waals surface area (Å²) in [7, 11) is 0. The molecular formula is C14H13BrN2O2. The average molecular weight is 321 g/mol. The van der Waals surface area contributed by atoms with Gasteiger partial charge in [0.25, 0.3) is 5.91 Å². The van der Waals surface area contributed by atoms with Crippen molar-refractivity contribution < 1.29 is 9.90 Å². The van der Waals surface area contributed by atoms with Crippen LogP contribution in [0.15, 0.2) is 46.2 Å². The van der Waals surface area contributed by atoms with Gasteiger partial charge in [0.05, 0.1) is 0 Å². The van der Waals surface area contributed by atoms with Gasteiger partial charge in [0.1, 0.15) is 11.8 Å². The van der Waals surface area contributed by atoms with Crippen LogP contribution in [-0.2, 0) is 4.79 Å². The van der Waals surface area contributed by atoms with Crippen molar-refractivity contribution in [3.8, 4) is 6.07 Å². The predicted molar refractivity (Wildman–Crippen MR) is 77.6 cm³/mol. The van der Waals surface area contributed by atoms with Crippen LogP contribution in [0.3, 0.4) is 0 Å². The monoisotopic (exact) mass is 320 g/mol. The van der Waals surface area contributed by atoms with E-state index in [1.807, 2.05) is 6.92 Å². The second kappa shape index (κ2) is 6.21. The summed E-state index contributed by atoms with van der Waals surface area (Å²) in [6.45, 7) is 6.89. The van der Waals surface area contributed by atoms with Gasteiger partial charge in [-0.3, -0.25) is 4.79 Å². The minimum absolute atomic E-state index is 0.263. The third kappa shape index (κ3) is 3.70. The highest BCUT2D eigenvalue weighted by molar-refractivity contribution is 9.10. The largest absolute Gasteiger partial charge is 0.506 e. The minimum atomic E-state index is -0.662. The highest BCUT2D eigenvalue weighted by Gasteiger charge is 2.15. The summed E-state index contributed by atoms with van der Waals surface area (Å²) in [4.78, 5) is 11.9. The van der Waals surface area contributed by atoms with E-state index in [4.69, 9.17) is 5.26 Å². The number of rotatable bonds is 3. The molecule has 5 heteroatoms. The van der Waals surface area contributed by atoms with Crippen LogP contribution in [0.1, 0.15) is 12.5 Å². The lowest BCUT2D eigenvalue weighted by Gasteiger charge is -2.07. The molecule has 0 spiro atoms. The van der Waals surface area contributed by atoms with Crippen LogP contribution in [0, 0.1) is 18.3 Å². The maximum atomic E-state index is 11.9. The van der Waals surface area contributed by atoms with E-state index in [2.05, 4.69) is 27.8 Å². The summed E-state index contributed by atoms with van der Waals surface area (Å²) in [6.07, 6.45) is 0. The van der Waals surface area contributed by atoms with Gasteiger partial charge in [-0.25, -0.2) is 0 Å². The van der Waals surface area contributed by atoms with E-state index in [1.54, 1.807) is 24.3 Å². The molecule has 0 fully saturated rings. The van der Waals surface area contributed by atoms with Gasteiger partial charge >= 0.3 is 0 Å². The number of hydrogen-bond acceptors (Lipinski definition) is 3. The average Bonchev–Trinajstić information content (AvgIpc) is 2.34. The molecule has 0 heterocycles. The summed E-state index contributed by atoms with van der Waals surface area (Å²) in [6, 6.07) is 6.92. The van der Waals surface area contributed by atoms with Gasteiger partial charge in [0, 0.05) is 10.2 Å². The molecule has 1 aromatic rings. The first-order chi connectivity index (χ1) is 8.86. The highest BCUT2D eigenvalue weighted by Crippen LogP contribution is 2.21. The summed E-state index contributed by atoms with van der Waals surface area (Å²) >= 11 is 3.35. The predicted octanol–water partition coefficient (Wildman–Crippen LogP) is 3.61. The van der Waals surface area contributed by atoms with Gasteiger partial charge < -0.3 is 10.4 Å². The number of aliphatic hydroxyl groups excluding tert-OH is 1. The lowest BCUT2D eigenvalue weighted by molar-refractivity contribution is -0.112. The summed E-state index contributed by atoms with van der Waals surface area (Å²) < 4.78 is 0.923. The number of aryl methyl sites for hydroxylation is 1. The zero-order chi connectivity index (χ0) is 14.6. The van der Waals surface area contributed by atoms with E-state index in [-0.39, 0.29) is 11.1 Å². The minimum Gasteiger partial charge on any atom is -0.506 e. The number of nitriles is 1. The number of nitrogens with zero attached hydrogens (tertiary/aromatic N) is 1. The molecule has 0 aromatic heterocycles. The Morgan fingerprint density at radius 1 is 1.53 bits per heavy atom. The standard InChI is InChI=1S/C14H13BrN2O2/c1-8(2)13(18)11(7-16)14(19)17-10-4-5-12(15)9(3)6-10/h4-6,18H,1H2,2-3H3,(H,17,19)/b13-11-. The van der Waals surface area contributed by atoms with E-state index in [1.165, 1.54) is 6.92 Å². The maximum absolute atomic E-state index is 11.9. The lowest BCUT2D eigenvalue weighted by Crippen LogP contribution is -2.15. The van der Waals surface area contributed by atoms with E-state index in [9.17, 15) is 9.90 Å². The second-order valence-corrected chi connectivity index (χ2v) is 4.89. The normalized spacial score (nSPS) is 11.3. The van der Waals surface area contributed by atoms with Crippen molar-refractivity contribution in [1.82, 2.24) is 0 Å². The van der Waals surface area contributed by atoms with Crippen LogP contribution in [-0.4, -0.2) is 11.0 Å². The van der Waals surface area contributed by atoms with Crippen LogP contribution < -0.4 is 5.32 Å². The third-order valence-electron chi connectivity index (χ3n) is 2.40. The Morgan fingerprint density at radius 3 is 2.63 bits per heavy atom. The zero-order valence-electron chi connectivity index (χ0n) is 10.6. The summed E-state index contributed by atoms with van der Waals surface area (Å²) in [5, 5.41) is 21.1. The van der Waals surface area contributed by atoms with Gasteiger partial charge in [-0.2, -0.15) is 5.26 Å². The van der Waals surface area contributed by atoms with Crippen molar-refractivity contribution >= 4 is 27.5 Å². The second-order valence-electron chi connectivity index (χ2n) is 4.03. The number of allylic oxidation sites excluding steroid dienone is 1. The Balaban J connectivity index is 3.02. The number of anilines is 1. The molecule has 0 saturated heterocycles. The topological polar surface area (TPSA) is 73.1 Å². The van der Waals surface area contributed by atoms with Crippen LogP contribution in [0.2, 0.25) is 0 Å². The number of carbonyl (C=O) groups excluding carboxylic acids is 1. The van der Waals surface area contributed by atoms with E-state index >= 15 is 0 Å². The number of benzene rings is 1. The van der Waals surface area contributed by atoms with Crippen molar-refractivity contribution in [2.24, 2.45) is 0 Å². The Labute approximate surface area is 120 Å². The third-order valence-corrected chi connectivity index (χ3v) is 3.29. The SMILES string of the molecule is C=C(C)/C(O)=C(\C#N)C(=O)Nc1ccc(Br)c(C)c1. The summed E-state index contributed by atoms with van der Waals surface area (Å²) in [5.41, 5.74) is 1.41. The first-order valence-corrected chi connectivity index (χ1v) is 6.22. The lowest BCUT2D eigenvalue weighted by atomic mass is 10.1. The Hall–Kier alpha value is -2.06. The van der Waals surface area contributed by atoms with Crippen LogP contribution in [0.25, 0.3) is 0 Å². The number of halogens is 1. The molecule has 1 rings (SSSR count). The van der Waals surface area contributed by atoms with Gasteiger partial charge in [-0.05, 0) is 43.2 Å². The van der Waals surface area contributed by atoms with Crippen molar-refractivity contribution in [3.05, 3.63) is 51.7 Å². The molecule has 0 saturated carbocycles. The number of amides is 1. The quantitative estimate of drug-likeness (QED) is 0.387. The van der Waals surface area contributed by atoms with E-state index in [0.29, 0.717) is 5.69 Å². The molecule has 2 N–H and O–H groups in total. The van der Waals surface area contributed by atoms with Gasteiger partial charge in [0.2, 0.25) is 0 Å². The van der Waals surface area contributed by atoms with Gasteiger partial charge in [-0.1, -0.05) is 22.5 Å². The molecule has 1 amide bonds. The molecule has 0 unspecified atom stereocenters. The molecule has 0 aliphatic heterocycles. The molecule has 0 atom stereocenters. The molecule has 0 aliphatic rings. The van der Waals surface area contributed by atoms with E-state index < -0.39 is 11.7 Å². The van der Waals surface area contributed by atoms with Crippen LogP contribution in [0.5, 0.6) is 0 Å². The van der Waals surface area contributed by atoms with Crippen molar-refractivity contribution in [3.63, 3.8) is 0 Å². The van der Waals surface area contributed by atoms with Gasteiger partial charge in [0.15, 0.2) is 5.57 Å². The fourth-order valence-electron chi connectivity index (χ4n) is 1.34. The zero-order valence-corrected chi connectivity index (χ0v) is 12.2. The molecule has 19 heavy (non-hydrogen) atoms. The molecule has 4 nitrogen and oxygen atoms in total. The Bertz CT molecular complexity index is 612. The van der Waals surface area contributed by atoms with Crippen molar-refractivity contribution in [2.75, 3.05) is 5.32 Å². The Morgan fingerprint density at radius 2 is 2.16 bits per heavy atom. The molecule has 98 valence electrons. The molecular weight excluding hydrogens is 308 g/mol. The van der Waals surface area contributed by atoms with Crippen molar-refractivity contribution in [2.45, 2.75) is 13.8 Å². The highest BCUT2D eigenvalue weighted by atomic mass is 79.9. The fourth-order valence-corrected chi connectivity index (χ4v) is 1.59. The smallest absolute Gasteiger partial charge is 0.270 e. The fraction of sp³-hybridized carbons (Fsp3) is 0.143. The molecule has 0 aliphatic carbocycles. The van der Waals surface area contributed by atoms with Crippen LogP contribution in [0.4, 0.5) is 5.69 Å². The maximum Gasteiger partial charge on any atom is 0.270 e. The van der Waals surface area contributed by atoms with E-state index in [0.717, 1.165) is 10.0 Å². The molecule has 0 bridgehead atoms. The summed E-state index contributed by atoms with van der Waals surface area (Å²) in [5.74, 6) is -1.06. The number of nitrogens with one attached hydrogen (secondary N) is 1. The Kier molecular flexibility index (Phi) is 4.90. The van der Waals surface area contributed by atoms with Crippen LogP contribution >= 0.6 is 15.9 Å². The van der Waals surface area contributed by atoms with Gasteiger partial charge in [-0.15, -0.1) is 0 Å². The molecule has 1 aromatic carbocycles. The number of hydrogen-bond donors (Lipinski definition) is 2. The number of carbonyl (C=O) groups is 1. The first-order valence-electron chi connectivity index (χ1n) is 5.43. The first kappa shape index (κ1) is 15.0.